The standard InChI is InChI=1S/C13H18FNO5S/c1-13(2,3)11(12(16)17)15-21(18,19)8-5-6-10(20-4)9(14)7-8/h5-7,11,15H,1-4H3,(H,16,17). The van der Waals surface area contributed by atoms with Gasteiger partial charge in [0.1, 0.15) is 6.04 Å². The van der Waals surface area contributed by atoms with Crippen LogP contribution in [0.1, 0.15) is 20.8 Å². The lowest BCUT2D eigenvalue weighted by atomic mass is 9.88. The van der Waals surface area contributed by atoms with Crippen molar-refractivity contribution in [2.75, 3.05) is 7.11 Å². The molecule has 0 aliphatic heterocycles. The lowest BCUT2D eigenvalue weighted by molar-refractivity contribution is -0.141. The van der Waals surface area contributed by atoms with E-state index in [0.717, 1.165) is 18.2 Å². The molecule has 1 aromatic rings. The van der Waals surface area contributed by atoms with Crippen LogP contribution in [-0.4, -0.2) is 32.6 Å². The predicted octanol–water partition coefficient (Wildman–Crippen LogP) is 1.61. The lowest BCUT2D eigenvalue weighted by Gasteiger charge is -2.27. The summed E-state index contributed by atoms with van der Waals surface area (Å²) in [6, 6.07) is 1.75. The number of carbonyl (C=O) groups is 1. The predicted molar refractivity (Wildman–Crippen MR) is 74.2 cm³/mol. The van der Waals surface area contributed by atoms with Crippen molar-refractivity contribution in [3.63, 3.8) is 0 Å². The first-order valence-corrected chi connectivity index (χ1v) is 7.56. The highest BCUT2D eigenvalue weighted by Gasteiger charge is 2.35. The molecule has 0 radical (unpaired) electrons. The van der Waals surface area contributed by atoms with E-state index in [2.05, 4.69) is 4.72 Å². The van der Waals surface area contributed by atoms with Crippen LogP contribution in [0, 0.1) is 11.2 Å². The summed E-state index contributed by atoms with van der Waals surface area (Å²) in [5.41, 5.74) is -0.843. The summed E-state index contributed by atoms with van der Waals surface area (Å²) in [4.78, 5) is 10.8. The Morgan fingerprint density at radius 1 is 1.38 bits per heavy atom. The molecule has 0 spiro atoms. The maximum absolute atomic E-state index is 13.6. The van der Waals surface area contributed by atoms with Crippen molar-refractivity contribution >= 4 is 16.0 Å². The molecule has 1 unspecified atom stereocenters. The first-order valence-electron chi connectivity index (χ1n) is 6.07. The van der Waals surface area contributed by atoms with Gasteiger partial charge in [-0.15, -0.1) is 0 Å². The molecule has 21 heavy (non-hydrogen) atoms. The van der Waals surface area contributed by atoms with E-state index in [4.69, 9.17) is 9.84 Å². The Hall–Kier alpha value is -1.67. The van der Waals surface area contributed by atoms with Crippen LogP contribution in [0.5, 0.6) is 5.75 Å². The van der Waals surface area contributed by atoms with Gasteiger partial charge in [-0.1, -0.05) is 20.8 Å². The van der Waals surface area contributed by atoms with Gasteiger partial charge in [0.15, 0.2) is 11.6 Å². The summed E-state index contributed by atoms with van der Waals surface area (Å²) in [5, 5.41) is 9.13. The summed E-state index contributed by atoms with van der Waals surface area (Å²) < 4.78 is 44.7. The monoisotopic (exact) mass is 319 g/mol. The number of halogens is 1. The minimum Gasteiger partial charge on any atom is -0.494 e. The Labute approximate surface area is 123 Å². The van der Waals surface area contributed by atoms with Gasteiger partial charge in [-0.05, 0) is 23.6 Å². The number of carboxylic acid groups (broad SMARTS) is 1. The van der Waals surface area contributed by atoms with Crippen LogP contribution in [0.4, 0.5) is 4.39 Å². The highest BCUT2D eigenvalue weighted by Crippen LogP contribution is 2.24. The number of carboxylic acids is 1. The van der Waals surface area contributed by atoms with Crippen molar-refractivity contribution in [3.8, 4) is 5.75 Å². The van der Waals surface area contributed by atoms with Gasteiger partial charge in [-0.25, -0.2) is 12.8 Å². The lowest BCUT2D eigenvalue weighted by Crippen LogP contribution is -2.48. The minimum atomic E-state index is -4.16. The zero-order valence-corrected chi connectivity index (χ0v) is 13.0. The van der Waals surface area contributed by atoms with Crippen molar-refractivity contribution < 1.29 is 27.4 Å². The highest BCUT2D eigenvalue weighted by atomic mass is 32.2. The fourth-order valence-electron chi connectivity index (χ4n) is 1.64. The number of sulfonamides is 1. The van der Waals surface area contributed by atoms with Crippen LogP contribution in [0.2, 0.25) is 0 Å². The van der Waals surface area contributed by atoms with Gasteiger partial charge in [0, 0.05) is 0 Å². The quantitative estimate of drug-likeness (QED) is 0.860. The molecular weight excluding hydrogens is 301 g/mol. The van der Waals surface area contributed by atoms with E-state index in [1.807, 2.05) is 0 Å². The SMILES string of the molecule is COc1ccc(S(=O)(=O)NC(C(=O)O)C(C)(C)C)cc1F. The normalized spacial score (nSPS) is 13.8. The Morgan fingerprint density at radius 2 is 1.95 bits per heavy atom. The molecule has 0 saturated heterocycles. The summed E-state index contributed by atoms with van der Waals surface area (Å²) in [5.74, 6) is -2.25. The first kappa shape index (κ1) is 17.4. The molecule has 0 aliphatic rings. The Balaban J connectivity index is 3.17. The van der Waals surface area contributed by atoms with E-state index >= 15 is 0 Å². The van der Waals surface area contributed by atoms with Gasteiger partial charge in [0.2, 0.25) is 10.0 Å². The minimum absolute atomic E-state index is 0.0976. The highest BCUT2D eigenvalue weighted by molar-refractivity contribution is 7.89. The fourth-order valence-corrected chi connectivity index (χ4v) is 3.04. The molecule has 0 aromatic heterocycles. The molecule has 0 aliphatic carbocycles. The van der Waals surface area contributed by atoms with Crippen LogP contribution >= 0.6 is 0 Å². The number of benzene rings is 1. The van der Waals surface area contributed by atoms with Crippen LogP contribution < -0.4 is 9.46 Å². The summed E-state index contributed by atoms with van der Waals surface area (Å²) in [6.45, 7) is 4.76. The molecule has 0 bridgehead atoms. The van der Waals surface area contributed by atoms with Gasteiger partial charge in [-0.2, -0.15) is 4.72 Å². The van der Waals surface area contributed by atoms with Gasteiger partial charge >= 0.3 is 5.97 Å². The third-order valence-electron chi connectivity index (χ3n) is 2.82. The zero-order valence-electron chi connectivity index (χ0n) is 12.2. The third-order valence-corrected chi connectivity index (χ3v) is 4.24. The molecule has 118 valence electrons. The number of ether oxygens (including phenoxy) is 1. The van der Waals surface area contributed by atoms with E-state index in [9.17, 15) is 17.6 Å². The van der Waals surface area contributed by atoms with E-state index in [1.165, 1.54) is 7.11 Å². The van der Waals surface area contributed by atoms with E-state index in [1.54, 1.807) is 20.8 Å². The fraction of sp³-hybridized carbons (Fsp3) is 0.462. The smallest absolute Gasteiger partial charge is 0.322 e. The molecule has 2 N–H and O–H groups in total. The first-order chi connectivity index (χ1) is 9.49. The second kappa shape index (κ2) is 5.98. The van der Waals surface area contributed by atoms with E-state index in [-0.39, 0.29) is 10.6 Å². The van der Waals surface area contributed by atoms with Crippen molar-refractivity contribution in [1.29, 1.82) is 0 Å². The summed E-state index contributed by atoms with van der Waals surface area (Å²) >= 11 is 0. The number of hydrogen-bond donors (Lipinski definition) is 2. The maximum atomic E-state index is 13.6. The largest absolute Gasteiger partial charge is 0.494 e. The molecule has 1 rings (SSSR count). The second-order valence-electron chi connectivity index (χ2n) is 5.55. The van der Waals surface area contributed by atoms with Crippen molar-refractivity contribution in [3.05, 3.63) is 24.0 Å². The molecule has 8 heteroatoms. The molecule has 0 amide bonds. The van der Waals surface area contributed by atoms with Gasteiger partial charge < -0.3 is 9.84 Å². The Morgan fingerprint density at radius 3 is 2.33 bits per heavy atom. The molecule has 0 fully saturated rings. The Bertz CT molecular complexity index is 636. The molecule has 1 aromatic carbocycles. The van der Waals surface area contributed by atoms with Crippen molar-refractivity contribution in [2.45, 2.75) is 31.7 Å². The second-order valence-corrected chi connectivity index (χ2v) is 7.27. The summed E-state index contributed by atoms with van der Waals surface area (Å²) in [7, 11) is -2.91. The molecule has 1 atom stereocenters. The molecule has 0 heterocycles. The molecular formula is C13H18FNO5S. The number of aliphatic carboxylic acids is 1. The van der Waals surface area contributed by atoms with Crippen molar-refractivity contribution in [1.82, 2.24) is 4.72 Å². The molecule has 0 saturated carbocycles. The van der Waals surface area contributed by atoms with Crippen LogP contribution in [0.15, 0.2) is 23.1 Å². The van der Waals surface area contributed by atoms with Crippen LogP contribution in [0.3, 0.4) is 0 Å². The van der Waals surface area contributed by atoms with Gasteiger partial charge in [0.05, 0.1) is 12.0 Å². The third kappa shape index (κ3) is 4.15. The van der Waals surface area contributed by atoms with Gasteiger partial charge in [0.25, 0.3) is 0 Å². The average molecular weight is 319 g/mol. The topological polar surface area (TPSA) is 92.7 Å². The Kier molecular flexibility index (Phi) is 4.95. The van der Waals surface area contributed by atoms with E-state index in [0.29, 0.717) is 0 Å². The van der Waals surface area contributed by atoms with Crippen molar-refractivity contribution in [2.24, 2.45) is 5.41 Å². The van der Waals surface area contributed by atoms with Crippen LogP contribution in [0.25, 0.3) is 0 Å². The zero-order chi connectivity index (χ0) is 16.4. The number of rotatable bonds is 5. The number of hydrogen-bond acceptors (Lipinski definition) is 4. The maximum Gasteiger partial charge on any atom is 0.322 e. The number of nitrogens with one attached hydrogen (secondary N) is 1. The molecule has 6 nitrogen and oxygen atoms in total. The summed E-state index contributed by atoms with van der Waals surface area (Å²) in [6.07, 6.45) is 0. The van der Waals surface area contributed by atoms with Crippen LogP contribution in [-0.2, 0) is 14.8 Å². The van der Waals surface area contributed by atoms with Gasteiger partial charge in [-0.3, -0.25) is 4.79 Å². The van der Waals surface area contributed by atoms with E-state index < -0.39 is 33.3 Å². The average Bonchev–Trinajstić information content (AvgIpc) is 2.34. The number of methoxy groups -OCH3 is 1.